The Balaban J connectivity index is 0.00000420. The zero-order valence-electron chi connectivity index (χ0n) is 16.7. The Morgan fingerprint density at radius 1 is 1.14 bits per heavy atom. The number of aliphatic imine (C=N–C) groups is 1. The molecule has 1 heterocycles. The summed E-state index contributed by atoms with van der Waals surface area (Å²) < 4.78 is 29.1. The first-order chi connectivity index (χ1) is 13.7. The number of nitrogens with one attached hydrogen (secondary N) is 2. The van der Waals surface area contributed by atoms with Crippen LogP contribution >= 0.6 is 24.0 Å². The number of ether oxygens (including phenoxy) is 3. The summed E-state index contributed by atoms with van der Waals surface area (Å²) in [6.45, 7) is 3.21. The van der Waals surface area contributed by atoms with Crippen molar-refractivity contribution in [3.05, 3.63) is 54.0 Å². The zero-order chi connectivity index (χ0) is 20.0. The average molecular weight is 518 g/mol. The zero-order valence-corrected chi connectivity index (χ0v) is 19.0. The lowest BCUT2D eigenvalue weighted by Crippen LogP contribution is -2.37. The van der Waals surface area contributed by atoms with Crippen LogP contribution in [0.3, 0.4) is 0 Å². The van der Waals surface area contributed by atoms with E-state index in [1.54, 1.807) is 38.6 Å². The van der Waals surface area contributed by atoms with Crippen molar-refractivity contribution in [3.8, 4) is 11.6 Å². The molecule has 0 unspecified atom stereocenters. The van der Waals surface area contributed by atoms with Gasteiger partial charge < -0.3 is 24.8 Å². The lowest BCUT2D eigenvalue weighted by atomic mass is 10.3. The molecule has 29 heavy (non-hydrogen) atoms. The molecule has 160 valence electrons. The van der Waals surface area contributed by atoms with Crippen LogP contribution in [-0.4, -0.2) is 51.5 Å². The van der Waals surface area contributed by atoms with Gasteiger partial charge in [-0.15, -0.1) is 24.0 Å². The molecule has 0 bridgehead atoms. The molecule has 2 rings (SSSR count). The highest BCUT2D eigenvalue weighted by molar-refractivity contribution is 14.0. The fourth-order valence-corrected chi connectivity index (χ4v) is 2.26. The molecule has 0 saturated carbocycles. The summed E-state index contributed by atoms with van der Waals surface area (Å²) in [5.74, 6) is 1.18. The van der Waals surface area contributed by atoms with Gasteiger partial charge in [0.1, 0.15) is 11.6 Å². The number of guanidine groups is 1. The van der Waals surface area contributed by atoms with Crippen LogP contribution in [0.25, 0.3) is 0 Å². The van der Waals surface area contributed by atoms with Crippen LogP contribution in [0.4, 0.5) is 4.39 Å². The van der Waals surface area contributed by atoms with Crippen molar-refractivity contribution in [2.75, 3.05) is 40.5 Å². The topological polar surface area (TPSA) is 77.0 Å². The third-order valence-electron chi connectivity index (χ3n) is 3.69. The number of hydrogen-bond donors (Lipinski definition) is 2. The van der Waals surface area contributed by atoms with Crippen molar-refractivity contribution in [1.82, 2.24) is 15.6 Å². The second-order valence-corrected chi connectivity index (χ2v) is 5.88. The first-order valence-corrected chi connectivity index (χ1v) is 9.11. The molecule has 0 radical (unpaired) electrons. The molecule has 0 atom stereocenters. The van der Waals surface area contributed by atoms with Crippen LogP contribution in [0.2, 0.25) is 0 Å². The van der Waals surface area contributed by atoms with E-state index in [9.17, 15) is 4.39 Å². The lowest BCUT2D eigenvalue weighted by molar-refractivity contribution is 0.0698. The maximum atomic E-state index is 13.2. The summed E-state index contributed by atoms with van der Waals surface area (Å²) in [5.41, 5.74) is 0.970. The van der Waals surface area contributed by atoms with Gasteiger partial charge in [0.2, 0.25) is 5.88 Å². The summed E-state index contributed by atoms with van der Waals surface area (Å²) in [7, 11) is 3.37. The fourth-order valence-electron chi connectivity index (χ4n) is 2.26. The van der Waals surface area contributed by atoms with E-state index in [2.05, 4.69) is 20.6 Å². The van der Waals surface area contributed by atoms with Crippen LogP contribution in [-0.2, 0) is 16.0 Å². The highest BCUT2D eigenvalue weighted by atomic mass is 127. The minimum atomic E-state index is -0.348. The molecule has 7 nitrogen and oxygen atoms in total. The Morgan fingerprint density at radius 3 is 2.69 bits per heavy atom. The van der Waals surface area contributed by atoms with E-state index < -0.39 is 0 Å². The molecule has 1 aromatic heterocycles. The number of rotatable bonds is 11. The molecule has 0 saturated heterocycles. The number of benzene rings is 1. The van der Waals surface area contributed by atoms with Gasteiger partial charge in [0, 0.05) is 52.2 Å². The summed E-state index contributed by atoms with van der Waals surface area (Å²) in [6.07, 6.45) is 2.58. The van der Waals surface area contributed by atoms with Gasteiger partial charge in [0.05, 0.1) is 13.2 Å². The summed E-state index contributed by atoms with van der Waals surface area (Å²) in [4.78, 5) is 8.43. The van der Waals surface area contributed by atoms with Gasteiger partial charge in [-0.05, 0) is 24.1 Å². The van der Waals surface area contributed by atoms with Crippen LogP contribution in [0, 0.1) is 5.82 Å². The van der Waals surface area contributed by atoms with E-state index in [4.69, 9.17) is 14.2 Å². The third-order valence-corrected chi connectivity index (χ3v) is 3.69. The van der Waals surface area contributed by atoms with Gasteiger partial charge >= 0.3 is 0 Å². The normalized spacial score (nSPS) is 10.9. The van der Waals surface area contributed by atoms with Gasteiger partial charge in [0.25, 0.3) is 0 Å². The Labute approximate surface area is 188 Å². The fraction of sp³-hybridized carbons (Fsp3) is 0.400. The molecule has 0 fully saturated rings. The van der Waals surface area contributed by atoms with E-state index in [-0.39, 0.29) is 29.8 Å². The van der Waals surface area contributed by atoms with Crippen molar-refractivity contribution < 1.29 is 18.6 Å². The predicted octanol–water partition coefficient (Wildman–Crippen LogP) is 3.35. The first-order valence-electron chi connectivity index (χ1n) is 9.11. The average Bonchev–Trinajstić information content (AvgIpc) is 2.71. The summed E-state index contributed by atoms with van der Waals surface area (Å²) in [5, 5.41) is 6.45. The minimum absolute atomic E-state index is 0. The molecule has 9 heteroatoms. The molecular weight excluding hydrogens is 490 g/mol. The molecular formula is C20H28FIN4O3. The lowest BCUT2D eigenvalue weighted by Gasteiger charge is -2.12. The number of methoxy groups -OCH3 is 1. The van der Waals surface area contributed by atoms with Crippen molar-refractivity contribution in [1.29, 1.82) is 0 Å². The van der Waals surface area contributed by atoms with Crippen LogP contribution in [0.1, 0.15) is 12.0 Å². The molecule has 0 spiro atoms. The SMILES string of the molecule is CN=C(NCCCOCCOC)NCc1ccc(Oc2cccc(F)c2)nc1.I. The third kappa shape index (κ3) is 10.4. The molecule has 0 aliphatic heterocycles. The Bertz CT molecular complexity index is 732. The van der Waals surface area contributed by atoms with Crippen molar-refractivity contribution in [3.63, 3.8) is 0 Å². The van der Waals surface area contributed by atoms with Gasteiger partial charge in [-0.2, -0.15) is 0 Å². The van der Waals surface area contributed by atoms with E-state index in [1.807, 2.05) is 6.07 Å². The maximum absolute atomic E-state index is 13.2. The van der Waals surface area contributed by atoms with Crippen LogP contribution < -0.4 is 15.4 Å². The molecule has 2 N–H and O–H groups in total. The van der Waals surface area contributed by atoms with Gasteiger partial charge in [-0.25, -0.2) is 9.37 Å². The highest BCUT2D eigenvalue weighted by Crippen LogP contribution is 2.19. The first kappa shape index (κ1) is 25.1. The molecule has 0 aliphatic carbocycles. The number of pyridine rings is 1. The maximum Gasteiger partial charge on any atom is 0.219 e. The standard InChI is InChI=1S/C20H27FN4O3.HI/c1-22-20(23-9-4-10-27-12-11-26-2)25-15-16-7-8-19(24-14-16)28-18-6-3-5-17(21)13-18;/h3,5-8,13-14H,4,9-12,15H2,1-2H3,(H2,22,23,25);1H. The summed E-state index contributed by atoms with van der Waals surface area (Å²) >= 11 is 0. The largest absolute Gasteiger partial charge is 0.439 e. The monoisotopic (exact) mass is 518 g/mol. The van der Waals surface area contributed by atoms with Gasteiger partial charge in [0.15, 0.2) is 5.96 Å². The van der Waals surface area contributed by atoms with E-state index >= 15 is 0 Å². The highest BCUT2D eigenvalue weighted by Gasteiger charge is 2.02. The van der Waals surface area contributed by atoms with E-state index in [0.717, 1.165) is 18.5 Å². The quantitative estimate of drug-likeness (QED) is 0.206. The van der Waals surface area contributed by atoms with Crippen molar-refractivity contribution in [2.45, 2.75) is 13.0 Å². The Morgan fingerprint density at radius 2 is 2.00 bits per heavy atom. The predicted molar refractivity (Wildman–Crippen MR) is 122 cm³/mol. The van der Waals surface area contributed by atoms with Crippen LogP contribution in [0.15, 0.2) is 47.6 Å². The molecule has 0 aliphatic rings. The number of halogens is 2. The molecule has 2 aromatic rings. The molecule has 1 aromatic carbocycles. The van der Waals surface area contributed by atoms with Gasteiger partial charge in [-0.1, -0.05) is 12.1 Å². The van der Waals surface area contributed by atoms with E-state index in [0.29, 0.717) is 44.0 Å². The summed E-state index contributed by atoms with van der Waals surface area (Å²) in [6, 6.07) is 9.59. The second kappa shape index (κ2) is 14.9. The molecule has 0 amide bonds. The number of nitrogens with zero attached hydrogens (tertiary/aromatic N) is 2. The van der Waals surface area contributed by atoms with E-state index in [1.165, 1.54) is 12.1 Å². The van der Waals surface area contributed by atoms with Crippen molar-refractivity contribution in [2.24, 2.45) is 4.99 Å². The van der Waals surface area contributed by atoms with Gasteiger partial charge in [-0.3, -0.25) is 4.99 Å². The second-order valence-electron chi connectivity index (χ2n) is 5.88. The smallest absolute Gasteiger partial charge is 0.219 e. The van der Waals surface area contributed by atoms with Crippen molar-refractivity contribution >= 4 is 29.9 Å². The Hall–Kier alpha value is -1.98. The Kier molecular flexibility index (Phi) is 12.9. The number of aromatic nitrogens is 1. The van der Waals surface area contributed by atoms with Crippen LogP contribution in [0.5, 0.6) is 11.6 Å². The minimum Gasteiger partial charge on any atom is -0.439 e. The number of hydrogen-bond acceptors (Lipinski definition) is 5.